The highest BCUT2D eigenvalue weighted by Gasteiger charge is 2.35. The number of benzene rings is 1. The first-order valence-electron chi connectivity index (χ1n) is 7.13. The lowest BCUT2D eigenvalue weighted by molar-refractivity contribution is -0.138. The number of tetrazole rings is 1. The molecule has 0 aliphatic carbocycles. The first kappa shape index (κ1) is 19.0. The van der Waals surface area contributed by atoms with E-state index in [2.05, 4.69) is 31.0 Å². The Hall–Kier alpha value is -2.74. The molecule has 27 heavy (non-hydrogen) atoms. The van der Waals surface area contributed by atoms with Gasteiger partial charge in [-0.3, -0.25) is 10.1 Å². The third kappa shape index (κ3) is 4.51. The van der Waals surface area contributed by atoms with Crippen molar-refractivity contribution in [2.24, 2.45) is 0 Å². The van der Waals surface area contributed by atoms with Crippen LogP contribution in [0.1, 0.15) is 5.01 Å². The van der Waals surface area contributed by atoms with Gasteiger partial charge in [0, 0.05) is 0 Å². The highest BCUT2D eigenvalue weighted by molar-refractivity contribution is 7.99. The molecular weight excluding hydrogens is 407 g/mol. The van der Waals surface area contributed by atoms with Crippen LogP contribution in [0.2, 0.25) is 0 Å². The number of hydrogen-bond acceptors (Lipinski definition) is 9. The standard InChI is InChI=1S/C13H10F3N7O2S2/c1-25-8-5-3-2-4-7(8)23-12(20-21-22-23)26-6-9(24)17-11-19-18-10(27-11)13(14,15)16/h2-5H,6H2,1H3,(H,17,19,24). The number of para-hydroxylation sites is 2. The summed E-state index contributed by atoms with van der Waals surface area (Å²) in [5, 5.41) is 18.8. The minimum absolute atomic E-state index is 0.142. The van der Waals surface area contributed by atoms with Gasteiger partial charge in [0.15, 0.2) is 0 Å². The predicted octanol–water partition coefficient (Wildman–Crippen LogP) is 2.27. The molecule has 0 unspecified atom stereocenters. The normalized spacial score (nSPS) is 11.4. The topological polar surface area (TPSA) is 108 Å². The van der Waals surface area contributed by atoms with Gasteiger partial charge in [0.2, 0.25) is 21.2 Å². The Labute approximate surface area is 157 Å². The maximum Gasteiger partial charge on any atom is 0.445 e. The van der Waals surface area contributed by atoms with E-state index >= 15 is 0 Å². The maximum atomic E-state index is 12.5. The number of alkyl halides is 3. The fraction of sp³-hybridized carbons (Fsp3) is 0.231. The number of amides is 1. The number of nitrogens with zero attached hydrogens (tertiary/aromatic N) is 6. The highest BCUT2D eigenvalue weighted by atomic mass is 32.2. The molecule has 0 radical (unpaired) electrons. The molecule has 3 aromatic rings. The van der Waals surface area contributed by atoms with Crippen molar-refractivity contribution >= 4 is 34.1 Å². The van der Waals surface area contributed by atoms with Crippen LogP contribution < -0.4 is 10.1 Å². The van der Waals surface area contributed by atoms with Gasteiger partial charge in [-0.05, 0) is 22.6 Å². The number of ether oxygens (including phenoxy) is 1. The van der Waals surface area contributed by atoms with Crippen molar-refractivity contribution < 1.29 is 22.7 Å². The van der Waals surface area contributed by atoms with Crippen molar-refractivity contribution in [1.82, 2.24) is 30.4 Å². The van der Waals surface area contributed by atoms with Gasteiger partial charge in [-0.25, -0.2) is 0 Å². The van der Waals surface area contributed by atoms with Crippen molar-refractivity contribution in [3.63, 3.8) is 0 Å². The number of carbonyl (C=O) groups is 1. The molecule has 0 atom stereocenters. The molecule has 1 aromatic carbocycles. The lowest BCUT2D eigenvalue weighted by Gasteiger charge is -2.08. The van der Waals surface area contributed by atoms with E-state index in [1.54, 1.807) is 24.3 Å². The minimum Gasteiger partial charge on any atom is -0.494 e. The molecule has 0 aliphatic heterocycles. The number of hydrogen-bond donors (Lipinski definition) is 1. The molecule has 0 spiro atoms. The Morgan fingerprint density at radius 2 is 2.07 bits per heavy atom. The SMILES string of the molecule is COc1ccccc1-n1nnnc1SCC(=O)Nc1nnc(C(F)(F)F)s1. The summed E-state index contributed by atoms with van der Waals surface area (Å²) in [5.74, 6) is -0.180. The molecule has 14 heteroatoms. The molecule has 0 saturated heterocycles. The lowest BCUT2D eigenvalue weighted by Crippen LogP contribution is -2.14. The van der Waals surface area contributed by atoms with Crippen molar-refractivity contribution in [1.29, 1.82) is 0 Å². The molecule has 9 nitrogen and oxygen atoms in total. The van der Waals surface area contributed by atoms with Crippen LogP contribution in [0.3, 0.4) is 0 Å². The molecular formula is C13H10F3N7O2S2. The molecule has 142 valence electrons. The van der Waals surface area contributed by atoms with Crippen LogP contribution in [0.5, 0.6) is 5.75 Å². The summed E-state index contributed by atoms with van der Waals surface area (Å²) in [6.07, 6.45) is -4.60. The number of nitrogens with one attached hydrogen (secondary N) is 1. The van der Waals surface area contributed by atoms with Gasteiger partial charge in [-0.15, -0.1) is 15.3 Å². The zero-order valence-electron chi connectivity index (χ0n) is 13.5. The molecule has 2 aromatic heterocycles. The number of thioether (sulfide) groups is 1. The van der Waals surface area contributed by atoms with Crippen LogP contribution in [0.15, 0.2) is 29.4 Å². The quantitative estimate of drug-likeness (QED) is 0.609. The van der Waals surface area contributed by atoms with E-state index in [0.29, 0.717) is 16.6 Å². The Morgan fingerprint density at radius 3 is 2.78 bits per heavy atom. The number of halogens is 3. The Kier molecular flexibility index (Phi) is 5.55. The Bertz CT molecular complexity index is 944. The van der Waals surface area contributed by atoms with E-state index in [-0.39, 0.29) is 22.2 Å². The summed E-state index contributed by atoms with van der Waals surface area (Å²) >= 11 is 1.25. The number of aromatic nitrogens is 6. The smallest absolute Gasteiger partial charge is 0.445 e. The predicted molar refractivity (Wildman–Crippen MR) is 90.0 cm³/mol. The Morgan fingerprint density at radius 1 is 1.30 bits per heavy atom. The second-order valence-corrected chi connectivity index (χ2v) is 6.71. The van der Waals surface area contributed by atoms with Crippen LogP contribution in [0.4, 0.5) is 18.3 Å². The van der Waals surface area contributed by atoms with Crippen LogP contribution >= 0.6 is 23.1 Å². The van der Waals surface area contributed by atoms with Crippen molar-refractivity contribution in [3.8, 4) is 11.4 Å². The monoisotopic (exact) mass is 417 g/mol. The molecule has 0 bridgehead atoms. The van der Waals surface area contributed by atoms with Crippen molar-refractivity contribution in [2.75, 3.05) is 18.2 Å². The minimum atomic E-state index is -4.60. The van der Waals surface area contributed by atoms with Crippen LogP contribution in [0, 0.1) is 0 Å². The molecule has 2 heterocycles. The van der Waals surface area contributed by atoms with Gasteiger partial charge >= 0.3 is 6.18 Å². The second kappa shape index (κ2) is 7.87. The molecule has 1 N–H and O–H groups in total. The summed E-state index contributed by atoms with van der Waals surface area (Å²) in [6.45, 7) is 0. The van der Waals surface area contributed by atoms with Crippen LogP contribution in [-0.2, 0) is 11.0 Å². The summed E-state index contributed by atoms with van der Waals surface area (Å²) in [6, 6.07) is 7.02. The second-order valence-electron chi connectivity index (χ2n) is 4.79. The van der Waals surface area contributed by atoms with E-state index in [4.69, 9.17) is 4.74 Å². The van der Waals surface area contributed by atoms with Crippen LogP contribution in [-0.4, -0.2) is 49.2 Å². The average molecular weight is 417 g/mol. The molecule has 0 aliphatic rings. The lowest BCUT2D eigenvalue weighted by atomic mass is 10.3. The average Bonchev–Trinajstić information content (AvgIpc) is 3.28. The van der Waals surface area contributed by atoms with Gasteiger partial charge in [0.05, 0.1) is 12.9 Å². The van der Waals surface area contributed by atoms with Gasteiger partial charge in [0.25, 0.3) is 0 Å². The molecule has 1 amide bonds. The summed E-state index contributed by atoms with van der Waals surface area (Å²) in [7, 11) is 1.50. The van der Waals surface area contributed by atoms with Crippen molar-refractivity contribution in [2.45, 2.75) is 11.3 Å². The number of anilines is 1. The maximum absolute atomic E-state index is 12.5. The van der Waals surface area contributed by atoms with Gasteiger partial charge < -0.3 is 4.74 Å². The van der Waals surface area contributed by atoms with Crippen molar-refractivity contribution in [3.05, 3.63) is 29.3 Å². The number of carbonyl (C=O) groups excluding carboxylic acids is 1. The number of rotatable bonds is 6. The van der Waals surface area contributed by atoms with E-state index in [9.17, 15) is 18.0 Å². The summed E-state index contributed by atoms with van der Waals surface area (Å²) < 4.78 is 44.1. The highest BCUT2D eigenvalue weighted by Crippen LogP contribution is 2.33. The third-order valence-corrected chi connectivity index (χ3v) is 4.80. The van der Waals surface area contributed by atoms with Crippen LogP contribution in [0.25, 0.3) is 5.69 Å². The van der Waals surface area contributed by atoms with Gasteiger partial charge in [-0.2, -0.15) is 17.9 Å². The summed E-state index contributed by atoms with van der Waals surface area (Å²) in [5.41, 5.74) is 0.576. The van der Waals surface area contributed by atoms with E-state index in [1.807, 2.05) is 0 Å². The Balaban J connectivity index is 1.65. The molecule has 3 rings (SSSR count). The fourth-order valence-corrected chi connectivity index (χ4v) is 3.21. The first-order valence-corrected chi connectivity index (χ1v) is 8.94. The van der Waals surface area contributed by atoms with E-state index in [0.717, 1.165) is 11.8 Å². The third-order valence-electron chi connectivity index (χ3n) is 3.00. The zero-order chi connectivity index (χ0) is 19.4. The summed E-state index contributed by atoms with van der Waals surface area (Å²) in [4.78, 5) is 12.0. The zero-order valence-corrected chi connectivity index (χ0v) is 15.1. The largest absolute Gasteiger partial charge is 0.494 e. The van der Waals surface area contributed by atoms with E-state index < -0.39 is 17.1 Å². The number of methoxy groups -OCH3 is 1. The van der Waals surface area contributed by atoms with Gasteiger partial charge in [0.1, 0.15) is 11.4 Å². The first-order chi connectivity index (χ1) is 12.9. The van der Waals surface area contributed by atoms with E-state index in [1.165, 1.54) is 11.8 Å². The van der Waals surface area contributed by atoms with Gasteiger partial charge in [-0.1, -0.05) is 35.2 Å². The molecule has 0 fully saturated rings. The fourth-order valence-electron chi connectivity index (χ4n) is 1.90. The molecule has 0 saturated carbocycles.